The molecule has 33 heavy (non-hydrogen) atoms. The van der Waals surface area contributed by atoms with Crippen LogP contribution in [0.2, 0.25) is 0 Å². The molecule has 8 heteroatoms. The van der Waals surface area contributed by atoms with Gasteiger partial charge < -0.3 is 10.4 Å². The molecule has 1 unspecified atom stereocenters. The van der Waals surface area contributed by atoms with Crippen LogP contribution >= 0.6 is 12.2 Å². The number of hydrazone groups is 1. The molecule has 1 aliphatic rings. The minimum atomic E-state index is -1.02. The smallest absolute Gasteiger partial charge is 0.335 e. The van der Waals surface area contributed by atoms with E-state index in [1.807, 2.05) is 55.5 Å². The summed E-state index contributed by atoms with van der Waals surface area (Å²) in [6.45, 7) is 2.01. The molecule has 0 spiro atoms. The summed E-state index contributed by atoms with van der Waals surface area (Å²) in [6, 6.07) is 22.0. The molecule has 4 rings (SSSR count). The SMILES string of the molecule is Cc1ccc(N2C(=O)C(C/C=N\NC(=S)Nc3cccc(C(=O)O)c3)c3ccccc32)cc1. The summed E-state index contributed by atoms with van der Waals surface area (Å²) in [5.74, 6) is -1.36. The highest BCUT2D eigenvalue weighted by atomic mass is 32.1. The lowest BCUT2D eigenvalue weighted by Crippen LogP contribution is -2.25. The lowest BCUT2D eigenvalue weighted by atomic mass is 9.98. The number of hydrogen-bond donors (Lipinski definition) is 3. The molecule has 1 aliphatic heterocycles. The number of para-hydroxylation sites is 1. The maximum atomic E-state index is 13.3. The molecule has 1 atom stereocenters. The van der Waals surface area contributed by atoms with Crippen molar-refractivity contribution in [3.63, 3.8) is 0 Å². The molecule has 0 bridgehead atoms. The van der Waals surface area contributed by atoms with Gasteiger partial charge in [-0.05, 0) is 61.1 Å². The van der Waals surface area contributed by atoms with Gasteiger partial charge in [0.15, 0.2) is 5.11 Å². The van der Waals surface area contributed by atoms with E-state index < -0.39 is 5.97 Å². The Kier molecular flexibility index (Phi) is 6.46. The number of carbonyl (C=O) groups excluding carboxylic acids is 1. The average Bonchev–Trinajstić information content (AvgIpc) is 3.09. The van der Waals surface area contributed by atoms with Crippen molar-refractivity contribution in [2.75, 3.05) is 10.2 Å². The van der Waals surface area contributed by atoms with Crippen molar-refractivity contribution in [1.82, 2.24) is 5.43 Å². The first kappa shape index (κ1) is 22.2. The molecule has 0 radical (unpaired) electrons. The van der Waals surface area contributed by atoms with E-state index in [1.165, 1.54) is 12.1 Å². The van der Waals surface area contributed by atoms with Crippen molar-refractivity contribution in [2.24, 2.45) is 5.10 Å². The summed E-state index contributed by atoms with van der Waals surface area (Å²) >= 11 is 5.21. The lowest BCUT2D eigenvalue weighted by molar-refractivity contribution is -0.118. The topological polar surface area (TPSA) is 94.0 Å². The second-order valence-electron chi connectivity index (χ2n) is 7.62. The Hall–Kier alpha value is -4.04. The Labute approximate surface area is 196 Å². The number of aryl methyl sites for hydroxylation is 1. The summed E-state index contributed by atoms with van der Waals surface area (Å²) in [7, 11) is 0. The molecule has 3 aromatic rings. The van der Waals surface area contributed by atoms with Crippen LogP contribution in [0.1, 0.15) is 33.8 Å². The number of carboxylic acid groups (broad SMARTS) is 1. The standard InChI is InChI=1S/C25H22N4O3S/c1-16-9-11-19(12-10-16)29-22-8-3-2-7-20(22)21(23(29)30)13-14-26-28-25(33)27-18-6-4-5-17(15-18)24(31)32/h2-12,14-15,21H,13H2,1H3,(H,31,32)(H2,27,28,33)/b26-14-. The zero-order chi connectivity index (χ0) is 23.4. The van der Waals surface area contributed by atoms with Gasteiger partial charge in [-0.3, -0.25) is 15.1 Å². The van der Waals surface area contributed by atoms with Crippen LogP contribution in [0.3, 0.4) is 0 Å². The van der Waals surface area contributed by atoms with E-state index >= 15 is 0 Å². The van der Waals surface area contributed by atoms with E-state index in [0.29, 0.717) is 12.1 Å². The maximum Gasteiger partial charge on any atom is 0.335 e. The van der Waals surface area contributed by atoms with Crippen molar-refractivity contribution < 1.29 is 14.7 Å². The summed E-state index contributed by atoms with van der Waals surface area (Å²) < 4.78 is 0. The molecule has 0 fully saturated rings. The van der Waals surface area contributed by atoms with Crippen LogP contribution in [0.5, 0.6) is 0 Å². The van der Waals surface area contributed by atoms with E-state index in [1.54, 1.807) is 23.2 Å². The molecule has 0 saturated carbocycles. The molecule has 0 saturated heterocycles. The van der Waals surface area contributed by atoms with Gasteiger partial charge in [0, 0.05) is 24.0 Å². The van der Waals surface area contributed by atoms with Crippen molar-refractivity contribution in [1.29, 1.82) is 0 Å². The first-order chi connectivity index (χ1) is 15.9. The Balaban J connectivity index is 1.41. The molecule has 0 aromatic heterocycles. The maximum absolute atomic E-state index is 13.3. The van der Waals surface area contributed by atoms with Gasteiger partial charge in [-0.1, -0.05) is 42.0 Å². The number of carbonyl (C=O) groups is 2. The summed E-state index contributed by atoms with van der Waals surface area (Å²) in [5.41, 5.74) is 7.21. The highest BCUT2D eigenvalue weighted by Gasteiger charge is 2.37. The van der Waals surface area contributed by atoms with Crippen LogP contribution < -0.4 is 15.6 Å². The van der Waals surface area contributed by atoms with Gasteiger partial charge in [0.05, 0.1) is 17.2 Å². The molecule has 1 heterocycles. The molecule has 1 amide bonds. The lowest BCUT2D eigenvalue weighted by Gasteiger charge is -2.18. The third-order valence-corrected chi connectivity index (χ3v) is 5.52. The van der Waals surface area contributed by atoms with E-state index in [4.69, 9.17) is 17.3 Å². The zero-order valence-electron chi connectivity index (χ0n) is 17.9. The van der Waals surface area contributed by atoms with Crippen LogP contribution in [0, 0.1) is 6.92 Å². The van der Waals surface area contributed by atoms with Crippen LogP contribution in [-0.2, 0) is 4.79 Å². The molecule has 3 aromatic carbocycles. The number of carboxylic acids is 1. The number of benzene rings is 3. The van der Waals surface area contributed by atoms with Gasteiger partial charge in [-0.2, -0.15) is 5.10 Å². The van der Waals surface area contributed by atoms with Crippen molar-refractivity contribution in [3.8, 4) is 0 Å². The second-order valence-corrected chi connectivity index (χ2v) is 8.03. The van der Waals surface area contributed by atoms with Crippen LogP contribution in [0.15, 0.2) is 77.9 Å². The van der Waals surface area contributed by atoms with E-state index in [0.717, 1.165) is 22.5 Å². The van der Waals surface area contributed by atoms with Crippen LogP contribution in [0.25, 0.3) is 0 Å². The second kappa shape index (κ2) is 9.62. The molecular formula is C25H22N4O3S. The Morgan fingerprint density at radius 2 is 1.88 bits per heavy atom. The van der Waals surface area contributed by atoms with Crippen molar-refractivity contribution in [3.05, 3.63) is 89.5 Å². The Bertz CT molecular complexity index is 1240. The van der Waals surface area contributed by atoms with Gasteiger partial charge >= 0.3 is 5.97 Å². The fraction of sp³-hybridized carbons (Fsp3) is 0.120. The Morgan fingerprint density at radius 1 is 1.12 bits per heavy atom. The summed E-state index contributed by atoms with van der Waals surface area (Å²) in [6.07, 6.45) is 2.03. The highest BCUT2D eigenvalue weighted by molar-refractivity contribution is 7.80. The number of anilines is 3. The number of nitrogens with one attached hydrogen (secondary N) is 2. The number of amides is 1. The van der Waals surface area contributed by atoms with E-state index in [-0.39, 0.29) is 22.5 Å². The first-order valence-electron chi connectivity index (χ1n) is 10.4. The first-order valence-corrected chi connectivity index (χ1v) is 10.8. The van der Waals surface area contributed by atoms with Gasteiger partial charge in [-0.15, -0.1) is 0 Å². The predicted octanol–water partition coefficient (Wildman–Crippen LogP) is 4.82. The molecule has 7 nitrogen and oxygen atoms in total. The fourth-order valence-corrected chi connectivity index (χ4v) is 3.90. The number of thiocarbonyl (C=S) groups is 1. The summed E-state index contributed by atoms with van der Waals surface area (Å²) in [5, 5.41) is 16.3. The number of nitrogens with zero attached hydrogens (tertiary/aromatic N) is 2. The number of aromatic carboxylic acids is 1. The summed E-state index contributed by atoms with van der Waals surface area (Å²) in [4.78, 5) is 26.1. The van der Waals surface area contributed by atoms with Gasteiger partial charge in [-0.25, -0.2) is 4.79 Å². The van der Waals surface area contributed by atoms with Crippen molar-refractivity contribution >= 4 is 52.5 Å². The monoisotopic (exact) mass is 458 g/mol. The molecule has 0 aliphatic carbocycles. The quantitative estimate of drug-likeness (QED) is 0.279. The molecule has 3 N–H and O–H groups in total. The van der Waals surface area contributed by atoms with Gasteiger partial charge in [0.1, 0.15) is 0 Å². The number of fused-ring (bicyclic) bond motifs is 1. The largest absolute Gasteiger partial charge is 0.478 e. The average molecular weight is 459 g/mol. The highest BCUT2D eigenvalue weighted by Crippen LogP contribution is 2.42. The Morgan fingerprint density at radius 3 is 2.64 bits per heavy atom. The normalized spacial score (nSPS) is 14.9. The van der Waals surface area contributed by atoms with E-state index in [9.17, 15) is 9.59 Å². The zero-order valence-corrected chi connectivity index (χ0v) is 18.7. The fourth-order valence-electron chi connectivity index (χ4n) is 3.73. The van der Waals surface area contributed by atoms with Crippen LogP contribution in [0.4, 0.5) is 17.1 Å². The third kappa shape index (κ3) is 4.91. The van der Waals surface area contributed by atoms with Crippen molar-refractivity contribution in [2.45, 2.75) is 19.3 Å². The van der Waals surface area contributed by atoms with E-state index in [2.05, 4.69) is 15.8 Å². The minimum Gasteiger partial charge on any atom is -0.478 e. The van der Waals surface area contributed by atoms with Crippen LogP contribution in [-0.4, -0.2) is 28.3 Å². The van der Waals surface area contributed by atoms with Gasteiger partial charge in [0.25, 0.3) is 0 Å². The molecular weight excluding hydrogens is 436 g/mol. The minimum absolute atomic E-state index is 0.00214. The molecule has 166 valence electrons. The van der Waals surface area contributed by atoms with Gasteiger partial charge in [0.2, 0.25) is 5.91 Å². The predicted molar refractivity (Wildman–Crippen MR) is 133 cm³/mol. The number of rotatable bonds is 6. The third-order valence-electron chi connectivity index (χ3n) is 5.33. The number of hydrogen-bond acceptors (Lipinski definition) is 4.